The summed E-state index contributed by atoms with van der Waals surface area (Å²) in [5, 5.41) is 13.7. The van der Waals surface area contributed by atoms with Gasteiger partial charge in [-0.1, -0.05) is 18.2 Å². The van der Waals surface area contributed by atoms with E-state index in [1.807, 2.05) is 46.8 Å². The Bertz CT molecular complexity index is 1380. The lowest BCUT2D eigenvalue weighted by Crippen LogP contribution is -2.34. The molecule has 1 atom stereocenters. The molecule has 4 rings (SSSR count). The van der Waals surface area contributed by atoms with Gasteiger partial charge < -0.3 is 5.32 Å². The van der Waals surface area contributed by atoms with Crippen LogP contribution in [0.1, 0.15) is 57.0 Å². The molecule has 0 unspecified atom stereocenters. The van der Waals surface area contributed by atoms with Crippen LogP contribution < -0.4 is 11.0 Å². The van der Waals surface area contributed by atoms with E-state index < -0.39 is 12.0 Å². The van der Waals surface area contributed by atoms with Gasteiger partial charge in [0, 0.05) is 28.9 Å². The molecule has 0 saturated carbocycles. The number of aryl methyl sites for hydroxylation is 2. The van der Waals surface area contributed by atoms with Crippen LogP contribution in [0.25, 0.3) is 21.8 Å². The molecule has 0 amide bonds. The van der Waals surface area contributed by atoms with Gasteiger partial charge in [0.1, 0.15) is 0 Å². The second-order valence-electron chi connectivity index (χ2n) is 9.21. The third-order valence-corrected chi connectivity index (χ3v) is 5.83. The normalized spacial score (nSPS) is 13.3. The van der Waals surface area contributed by atoms with E-state index in [1.54, 1.807) is 28.3 Å². The molecular formula is C24H27F2N5O. The van der Waals surface area contributed by atoms with Crippen molar-refractivity contribution in [3.05, 3.63) is 63.7 Å². The Morgan fingerprint density at radius 3 is 2.31 bits per heavy atom. The van der Waals surface area contributed by atoms with Crippen LogP contribution in [0, 0.1) is 6.92 Å². The third kappa shape index (κ3) is 3.63. The van der Waals surface area contributed by atoms with Crippen molar-refractivity contribution in [1.82, 2.24) is 19.3 Å². The molecular weight excluding hydrogens is 412 g/mol. The van der Waals surface area contributed by atoms with E-state index in [4.69, 9.17) is 0 Å². The van der Waals surface area contributed by atoms with Crippen LogP contribution in [-0.4, -0.2) is 19.3 Å². The summed E-state index contributed by atoms with van der Waals surface area (Å²) in [6, 6.07) is 10.0. The van der Waals surface area contributed by atoms with Crippen LogP contribution in [0.15, 0.2) is 41.2 Å². The molecule has 0 aliphatic carbocycles. The number of hydrogen-bond acceptors (Lipinski definition) is 4. The standard InChI is InChI=1S/C24H27F2N5O/c1-13(15-8-7-9-16(10-15)21(25)26)27-22-18-12-20-19(11-17(18)14(2)28-29-22)30(6)23(32)31(20)24(3,4)5/h7-13,21H,1-6H3,(H,27,29)/t13-/m1/s1. The van der Waals surface area contributed by atoms with Gasteiger partial charge in [-0.25, -0.2) is 13.6 Å². The van der Waals surface area contributed by atoms with Crippen molar-refractivity contribution in [2.75, 3.05) is 5.32 Å². The topological polar surface area (TPSA) is 64.7 Å². The average molecular weight is 440 g/mol. The maximum atomic E-state index is 13.1. The molecule has 2 aromatic heterocycles. The number of rotatable bonds is 4. The summed E-state index contributed by atoms with van der Waals surface area (Å²) in [6.45, 7) is 9.74. The monoisotopic (exact) mass is 439 g/mol. The van der Waals surface area contributed by atoms with Gasteiger partial charge in [-0.2, -0.15) is 5.10 Å². The number of fused-ring (bicyclic) bond motifs is 2. The molecule has 0 spiro atoms. The van der Waals surface area contributed by atoms with Crippen LogP contribution in [-0.2, 0) is 12.6 Å². The summed E-state index contributed by atoms with van der Waals surface area (Å²) in [4.78, 5) is 13.0. The molecule has 4 aromatic rings. The van der Waals surface area contributed by atoms with Crippen LogP contribution in [0.3, 0.4) is 0 Å². The number of imidazole rings is 1. The summed E-state index contributed by atoms with van der Waals surface area (Å²) in [6.07, 6.45) is -2.53. The van der Waals surface area contributed by atoms with Gasteiger partial charge in [-0.3, -0.25) is 9.13 Å². The van der Waals surface area contributed by atoms with Gasteiger partial charge in [-0.05, 0) is 58.4 Å². The number of benzene rings is 2. The molecule has 168 valence electrons. The first-order valence-corrected chi connectivity index (χ1v) is 10.5. The molecule has 32 heavy (non-hydrogen) atoms. The number of hydrogen-bond donors (Lipinski definition) is 1. The second kappa shape index (κ2) is 7.69. The van der Waals surface area contributed by atoms with Gasteiger partial charge in [0.05, 0.1) is 22.8 Å². The Morgan fingerprint density at radius 2 is 1.66 bits per heavy atom. The lowest BCUT2D eigenvalue weighted by atomic mass is 10.0. The van der Waals surface area contributed by atoms with E-state index >= 15 is 0 Å². The zero-order chi connectivity index (χ0) is 23.4. The van der Waals surface area contributed by atoms with Crippen molar-refractivity contribution in [2.24, 2.45) is 7.05 Å². The maximum Gasteiger partial charge on any atom is 0.329 e. The van der Waals surface area contributed by atoms with Gasteiger partial charge in [0.25, 0.3) is 6.43 Å². The Labute approximate surface area is 184 Å². The molecule has 2 heterocycles. The van der Waals surface area contributed by atoms with Crippen molar-refractivity contribution in [2.45, 2.75) is 52.6 Å². The average Bonchev–Trinajstić information content (AvgIpc) is 2.99. The maximum absolute atomic E-state index is 13.1. The fourth-order valence-electron chi connectivity index (χ4n) is 4.12. The molecule has 0 fully saturated rings. The number of aromatic nitrogens is 4. The Hall–Kier alpha value is -3.29. The van der Waals surface area contributed by atoms with Gasteiger partial charge >= 0.3 is 5.69 Å². The molecule has 0 aliphatic rings. The van der Waals surface area contributed by atoms with Crippen LogP contribution in [0.4, 0.5) is 14.6 Å². The molecule has 0 saturated heterocycles. The Morgan fingerprint density at radius 1 is 1.00 bits per heavy atom. The lowest BCUT2D eigenvalue weighted by molar-refractivity contribution is 0.151. The summed E-state index contributed by atoms with van der Waals surface area (Å²) in [5.41, 5.74) is 2.58. The molecule has 2 aromatic carbocycles. The second-order valence-corrected chi connectivity index (χ2v) is 9.21. The number of halogens is 2. The van der Waals surface area contributed by atoms with Crippen molar-refractivity contribution >= 4 is 27.6 Å². The molecule has 8 heteroatoms. The van der Waals surface area contributed by atoms with E-state index in [-0.39, 0.29) is 17.3 Å². The van der Waals surface area contributed by atoms with E-state index in [9.17, 15) is 13.6 Å². The number of alkyl halides is 2. The fraction of sp³-hybridized carbons (Fsp3) is 0.375. The first kappa shape index (κ1) is 21.9. The molecule has 0 aliphatic heterocycles. The van der Waals surface area contributed by atoms with Crippen molar-refractivity contribution < 1.29 is 8.78 Å². The minimum Gasteiger partial charge on any atom is -0.362 e. The summed E-state index contributed by atoms with van der Waals surface area (Å²) in [5.74, 6) is 0.541. The largest absolute Gasteiger partial charge is 0.362 e. The zero-order valence-corrected chi connectivity index (χ0v) is 19.1. The smallest absolute Gasteiger partial charge is 0.329 e. The minimum atomic E-state index is -2.53. The Kier molecular flexibility index (Phi) is 5.27. The number of nitrogens with one attached hydrogen (secondary N) is 1. The highest BCUT2D eigenvalue weighted by Crippen LogP contribution is 2.32. The van der Waals surface area contributed by atoms with Gasteiger partial charge in [-0.15, -0.1) is 5.10 Å². The van der Waals surface area contributed by atoms with E-state index in [0.717, 1.165) is 33.1 Å². The van der Waals surface area contributed by atoms with Crippen LogP contribution in [0.5, 0.6) is 0 Å². The van der Waals surface area contributed by atoms with Crippen molar-refractivity contribution in [1.29, 1.82) is 0 Å². The van der Waals surface area contributed by atoms with Crippen LogP contribution in [0.2, 0.25) is 0 Å². The van der Waals surface area contributed by atoms with Crippen LogP contribution >= 0.6 is 0 Å². The minimum absolute atomic E-state index is 0.0174. The third-order valence-electron chi connectivity index (χ3n) is 5.83. The number of anilines is 1. The fourth-order valence-corrected chi connectivity index (χ4v) is 4.12. The highest BCUT2D eigenvalue weighted by molar-refractivity contribution is 6.01. The first-order chi connectivity index (χ1) is 15.0. The van der Waals surface area contributed by atoms with Crippen molar-refractivity contribution in [3.63, 3.8) is 0 Å². The predicted octanol–water partition coefficient (Wildman–Crippen LogP) is 5.46. The summed E-state index contributed by atoms with van der Waals surface area (Å²) >= 11 is 0. The van der Waals surface area contributed by atoms with E-state index in [0.29, 0.717) is 5.82 Å². The van der Waals surface area contributed by atoms with E-state index in [1.165, 1.54) is 12.1 Å². The molecule has 0 radical (unpaired) electrons. The SMILES string of the molecule is Cc1nnc(N[C@H](C)c2cccc(C(F)F)c2)c2cc3c(cc12)n(C)c(=O)n3C(C)(C)C. The molecule has 6 nitrogen and oxygen atoms in total. The Balaban J connectivity index is 1.88. The van der Waals surface area contributed by atoms with Gasteiger partial charge in [0.2, 0.25) is 0 Å². The zero-order valence-electron chi connectivity index (χ0n) is 19.1. The van der Waals surface area contributed by atoms with E-state index in [2.05, 4.69) is 15.5 Å². The number of nitrogens with zero attached hydrogens (tertiary/aromatic N) is 4. The highest BCUT2D eigenvalue weighted by atomic mass is 19.3. The first-order valence-electron chi connectivity index (χ1n) is 10.5. The summed E-state index contributed by atoms with van der Waals surface area (Å²) < 4.78 is 29.7. The molecule has 1 N–H and O–H groups in total. The lowest BCUT2D eigenvalue weighted by Gasteiger charge is -2.21. The highest BCUT2D eigenvalue weighted by Gasteiger charge is 2.23. The van der Waals surface area contributed by atoms with Crippen molar-refractivity contribution in [3.8, 4) is 0 Å². The quantitative estimate of drug-likeness (QED) is 0.459. The summed E-state index contributed by atoms with van der Waals surface area (Å²) in [7, 11) is 1.76. The van der Waals surface area contributed by atoms with Gasteiger partial charge in [0.15, 0.2) is 5.82 Å². The molecule has 0 bridgehead atoms. The predicted molar refractivity (Wildman–Crippen MR) is 123 cm³/mol.